The maximum atomic E-state index is 4.36. The van der Waals surface area contributed by atoms with Gasteiger partial charge >= 0.3 is 0 Å². The van der Waals surface area contributed by atoms with E-state index in [0.717, 1.165) is 23.6 Å². The number of anilines is 1. The Bertz CT molecular complexity index is 399. The van der Waals surface area contributed by atoms with Crippen LogP contribution in [0.4, 0.5) is 5.82 Å². The van der Waals surface area contributed by atoms with Gasteiger partial charge in [0.05, 0.1) is 0 Å². The SMILES string of the molecule is CNc1cc(C23CC4CC(CC(C4)C2)C3)[nH]n1. The molecule has 4 fully saturated rings. The van der Waals surface area contributed by atoms with E-state index < -0.39 is 0 Å². The van der Waals surface area contributed by atoms with Gasteiger partial charge in [-0.1, -0.05) is 0 Å². The number of nitrogens with one attached hydrogen (secondary N) is 2. The monoisotopic (exact) mass is 231 g/mol. The van der Waals surface area contributed by atoms with Crippen molar-refractivity contribution in [3.05, 3.63) is 11.8 Å². The molecule has 0 atom stereocenters. The fraction of sp³-hybridized carbons (Fsp3) is 0.786. The Morgan fingerprint density at radius 1 is 1.18 bits per heavy atom. The topological polar surface area (TPSA) is 40.7 Å². The summed E-state index contributed by atoms with van der Waals surface area (Å²) in [6.45, 7) is 0. The van der Waals surface area contributed by atoms with Gasteiger partial charge in [0.25, 0.3) is 0 Å². The quantitative estimate of drug-likeness (QED) is 0.821. The van der Waals surface area contributed by atoms with Gasteiger partial charge in [0.2, 0.25) is 0 Å². The Kier molecular flexibility index (Phi) is 1.92. The molecule has 4 aliphatic carbocycles. The number of aromatic amines is 1. The molecule has 5 rings (SSSR count). The molecule has 4 aliphatic rings. The van der Waals surface area contributed by atoms with Gasteiger partial charge in [-0.3, -0.25) is 5.10 Å². The average molecular weight is 231 g/mol. The van der Waals surface area contributed by atoms with Crippen LogP contribution >= 0.6 is 0 Å². The largest absolute Gasteiger partial charge is 0.372 e. The lowest BCUT2D eigenvalue weighted by molar-refractivity contribution is -0.00721. The molecule has 2 N–H and O–H groups in total. The number of hydrogen-bond acceptors (Lipinski definition) is 2. The minimum Gasteiger partial charge on any atom is -0.372 e. The van der Waals surface area contributed by atoms with Crippen LogP contribution in [0.1, 0.15) is 44.2 Å². The summed E-state index contributed by atoms with van der Waals surface area (Å²) < 4.78 is 0. The zero-order chi connectivity index (χ0) is 11.5. The highest BCUT2D eigenvalue weighted by molar-refractivity contribution is 5.38. The van der Waals surface area contributed by atoms with E-state index in [1.54, 1.807) is 0 Å². The summed E-state index contributed by atoms with van der Waals surface area (Å²) in [7, 11) is 1.94. The minimum atomic E-state index is 0.455. The fourth-order valence-corrected chi connectivity index (χ4v) is 5.16. The summed E-state index contributed by atoms with van der Waals surface area (Å²) in [6, 6.07) is 2.24. The molecule has 0 saturated heterocycles. The second kappa shape index (κ2) is 3.27. The van der Waals surface area contributed by atoms with Crippen LogP contribution in [0.15, 0.2) is 6.07 Å². The number of hydrogen-bond donors (Lipinski definition) is 2. The van der Waals surface area contributed by atoms with Crippen LogP contribution < -0.4 is 5.32 Å². The smallest absolute Gasteiger partial charge is 0.147 e. The zero-order valence-electron chi connectivity index (χ0n) is 10.5. The van der Waals surface area contributed by atoms with Crippen LogP contribution in [-0.2, 0) is 5.41 Å². The van der Waals surface area contributed by atoms with Gasteiger partial charge in [-0.25, -0.2) is 0 Å². The van der Waals surface area contributed by atoms with Crippen LogP contribution in [0, 0.1) is 17.8 Å². The van der Waals surface area contributed by atoms with E-state index in [2.05, 4.69) is 21.6 Å². The van der Waals surface area contributed by atoms with E-state index in [-0.39, 0.29) is 0 Å². The van der Waals surface area contributed by atoms with Crippen LogP contribution in [-0.4, -0.2) is 17.2 Å². The standard InChI is InChI=1S/C14H21N3/c1-15-13-5-12(16-17-13)14-6-9-2-10(7-14)4-11(3-9)8-14/h5,9-11H,2-4,6-8H2,1H3,(H2,15,16,17). The first-order valence-electron chi connectivity index (χ1n) is 7.01. The molecule has 0 unspecified atom stereocenters. The molecule has 17 heavy (non-hydrogen) atoms. The molecule has 1 aromatic rings. The van der Waals surface area contributed by atoms with E-state index in [1.165, 1.54) is 44.2 Å². The molecule has 4 saturated carbocycles. The molecule has 0 amide bonds. The van der Waals surface area contributed by atoms with Gasteiger partial charge in [0, 0.05) is 24.2 Å². The normalized spacial score (nSPS) is 43.0. The molecular weight excluding hydrogens is 210 g/mol. The maximum absolute atomic E-state index is 4.36. The zero-order valence-corrected chi connectivity index (χ0v) is 10.5. The molecule has 1 aromatic heterocycles. The van der Waals surface area contributed by atoms with Gasteiger partial charge in [-0.15, -0.1) is 0 Å². The molecule has 3 nitrogen and oxygen atoms in total. The molecule has 1 heterocycles. The van der Waals surface area contributed by atoms with Crippen molar-refractivity contribution in [1.82, 2.24) is 10.2 Å². The lowest BCUT2D eigenvalue weighted by Gasteiger charge is -2.56. The maximum Gasteiger partial charge on any atom is 0.147 e. The van der Waals surface area contributed by atoms with Crippen molar-refractivity contribution >= 4 is 5.82 Å². The van der Waals surface area contributed by atoms with Crippen LogP contribution in [0.2, 0.25) is 0 Å². The highest BCUT2D eigenvalue weighted by Gasteiger charge is 2.52. The molecule has 0 spiro atoms. The van der Waals surface area contributed by atoms with E-state index in [1.807, 2.05) is 7.05 Å². The second-order valence-electron chi connectivity index (χ2n) is 6.61. The van der Waals surface area contributed by atoms with Gasteiger partial charge in [-0.05, 0) is 56.3 Å². The Balaban J connectivity index is 1.72. The first kappa shape index (κ1) is 9.98. The number of rotatable bonds is 2. The predicted octanol–water partition coefficient (Wildman–Crippen LogP) is 2.92. The van der Waals surface area contributed by atoms with E-state index >= 15 is 0 Å². The highest BCUT2D eigenvalue weighted by Crippen LogP contribution is 2.60. The van der Waals surface area contributed by atoms with Gasteiger partial charge < -0.3 is 5.32 Å². The summed E-state index contributed by atoms with van der Waals surface area (Å²) in [5.74, 6) is 4.00. The van der Waals surface area contributed by atoms with Crippen molar-refractivity contribution in [3.63, 3.8) is 0 Å². The summed E-state index contributed by atoms with van der Waals surface area (Å²) in [5.41, 5.74) is 1.86. The van der Waals surface area contributed by atoms with Crippen molar-refractivity contribution in [3.8, 4) is 0 Å². The van der Waals surface area contributed by atoms with Gasteiger partial charge in [-0.2, -0.15) is 5.10 Å². The highest BCUT2D eigenvalue weighted by atomic mass is 15.2. The number of aromatic nitrogens is 2. The lowest BCUT2D eigenvalue weighted by Crippen LogP contribution is -2.48. The molecular formula is C14H21N3. The van der Waals surface area contributed by atoms with Gasteiger partial charge in [0.15, 0.2) is 0 Å². The van der Waals surface area contributed by atoms with Crippen molar-refractivity contribution in [2.75, 3.05) is 12.4 Å². The van der Waals surface area contributed by atoms with E-state index in [4.69, 9.17) is 0 Å². The fourth-order valence-electron chi connectivity index (χ4n) is 5.16. The Morgan fingerprint density at radius 2 is 1.76 bits per heavy atom. The van der Waals surface area contributed by atoms with Crippen LogP contribution in [0.25, 0.3) is 0 Å². The Morgan fingerprint density at radius 3 is 2.24 bits per heavy atom. The van der Waals surface area contributed by atoms with Crippen molar-refractivity contribution in [2.24, 2.45) is 17.8 Å². The molecule has 3 heteroatoms. The summed E-state index contributed by atoms with van der Waals surface area (Å²) in [4.78, 5) is 0. The van der Waals surface area contributed by atoms with Crippen molar-refractivity contribution in [2.45, 2.75) is 43.9 Å². The molecule has 4 bridgehead atoms. The Hall–Kier alpha value is -0.990. The number of nitrogens with zero attached hydrogens (tertiary/aromatic N) is 1. The molecule has 92 valence electrons. The third-order valence-corrected chi connectivity index (χ3v) is 5.44. The lowest BCUT2D eigenvalue weighted by atomic mass is 9.49. The first-order chi connectivity index (χ1) is 8.27. The minimum absolute atomic E-state index is 0.455. The van der Waals surface area contributed by atoms with Crippen LogP contribution in [0.3, 0.4) is 0 Å². The van der Waals surface area contributed by atoms with E-state index in [0.29, 0.717) is 5.41 Å². The second-order valence-corrected chi connectivity index (χ2v) is 6.61. The van der Waals surface area contributed by atoms with Gasteiger partial charge in [0.1, 0.15) is 5.82 Å². The third kappa shape index (κ3) is 1.37. The third-order valence-electron chi connectivity index (χ3n) is 5.44. The first-order valence-corrected chi connectivity index (χ1v) is 7.01. The summed E-state index contributed by atoms with van der Waals surface area (Å²) in [6.07, 6.45) is 8.74. The summed E-state index contributed by atoms with van der Waals surface area (Å²) in [5, 5.41) is 10.8. The van der Waals surface area contributed by atoms with E-state index in [9.17, 15) is 0 Å². The van der Waals surface area contributed by atoms with Crippen molar-refractivity contribution in [1.29, 1.82) is 0 Å². The number of H-pyrrole nitrogens is 1. The molecule has 0 aliphatic heterocycles. The van der Waals surface area contributed by atoms with Crippen molar-refractivity contribution < 1.29 is 0 Å². The van der Waals surface area contributed by atoms with Crippen LogP contribution in [0.5, 0.6) is 0 Å². The molecule has 0 aromatic carbocycles. The summed E-state index contributed by atoms with van der Waals surface area (Å²) >= 11 is 0. The predicted molar refractivity (Wildman–Crippen MR) is 68.0 cm³/mol. The molecule has 0 radical (unpaired) electrons. The Labute approximate surface area is 102 Å². The average Bonchev–Trinajstić information content (AvgIpc) is 2.76.